The molecule has 0 unspecified atom stereocenters. The number of hydrogen-bond acceptors (Lipinski definition) is 4. The smallest absolute Gasteiger partial charge is 0.175 e. The molecule has 2 aromatic rings. The lowest BCUT2D eigenvalue weighted by molar-refractivity contribution is 0.210. The molecule has 0 saturated carbocycles. The molecule has 2 rings (SSSR count). The van der Waals surface area contributed by atoms with Crippen LogP contribution in [-0.2, 0) is 0 Å². The zero-order valence-corrected chi connectivity index (χ0v) is 13.1. The molecule has 2 aromatic carbocycles. The van der Waals surface area contributed by atoms with Gasteiger partial charge in [0.15, 0.2) is 11.5 Å². The molecular formula is C16H14BrNO3. The highest BCUT2D eigenvalue weighted by atomic mass is 79.9. The molecule has 5 heteroatoms. The van der Waals surface area contributed by atoms with Crippen molar-refractivity contribution in [3.8, 4) is 23.3 Å². The number of para-hydroxylation sites is 1. The average molecular weight is 348 g/mol. The lowest BCUT2D eigenvalue weighted by atomic mass is 10.2. The summed E-state index contributed by atoms with van der Waals surface area (Å²) in [4.78, 5) is 0. The molecule has 0 aliphatic carbocycles. The Kier molecular flexibility index (Phi) is 5.47. The van der Waals surface area contributed by atoms with Crippen LogP contribution in [0.1, 0.15) is 5.56 Å². The van der Waals surface area contributed by atoms with Crippen molar-refractivity contribution in [1.82, 2.24) is 0 Å². The van der Waals surface area contributed by atoms with Crippen molar-refractivity contribution in [2.75, 3.05) is 20.3 Å². The summed E-state index contributed by atoms with van der Waals surface area (Å²) in [7, 11) is 1.54. The Morgan fingerprint density at radius 3 is 2.48 bits per heavy atom. The largest absolute Gasteiger partial charge is 0.493 e. The monoisotopic (exact) mass is 347 g/mol. The van der Waals surface area contributed by atoms with Crippen LogP contribution in [0.3, 0.4) is 0 Å². The fourth-order valence-electron chi connectivity index (χ4n) is 1.74. The van der Waals surface area contributed by atoms with Gasteiger partial charge in [0.2, 0.25) is 0 Å². The first-order chi connectivity index (χ1) is 10.2. The predicted molar refractivity (Wildman–Crippen MR) is 82.8 cm³/mol. The third-order valence-corrected chi connectivity index (χ3v) is 3.29. The topological polar surface area (TPSA) is 51.5 Å². The van der Waals surface area contributed by atoms with E-state index in [1.807, 2.05) is 30.3 Å². The van der Waals surface area contributed by atoms with Crippen LogP contribution in [-0.4, -0.2) is 20.3 Å². The van der Waals surface area contributed by atoms with Crippen molar-refractivity contribution in [2.24, 2.45) is 0 Å². The van der Waals surface area contributed by atoms with Crippen molar-refractivity contribution in [3.63, 3.8) is 0 Å². The molecule has 108 valence electrons. The summed E-state index contributed by atoms with van der Waals surface area (Å²) < 4.78 is 17.1. The van der Waals surface area contributed by atoms with Gasteiger partial charge in [0.05, 0.1) is 23.2 Å². The zero-order chi connectivity index (χ0) is 15.1. The summed E-state index contributed by atoms with van der Waals surface area (Å²) in [5.41, 5.74) is 0.506. The van der Waals surface area contributed by atoms with Gasteiger partial charge in [-0.05, 0) is 34.1 Å². The molecule has 0 atom stereocenters. The second kappa shape index (κ2) is 7.55. The molecule has 0 aromatic heterocycles. The third-order valence-electron chi connectivity index (χ3n) is 2.70. The number of benzene rings is 2. The van der Waals surface area contributed by atoms with Crippen LogP contribution >= 0.6 is 15.9 Å². The van der Waals surface area contributed by atoms with Gasteiger partial charge in [0.25, 0.3) is 0 Å². The first kappa shape index (κ1) is 15.2. The lowest BCUT2D eigenvalue weighted by Crippen LogP contribution is -2.10. The van der Waals surface area contributed by atoms with E-state index >= 15 is 0 Å². The minimum atomic E-state index is 0.371. The van der Waals surface area contributed by atoms with Gasteiger partial charge >= 0.3 is 0 Å². The van der Waals surface area contributed by atoms with Crippen LogP contribution in [0.15, 0.2) is 46.9 Å². The van der Waals surface area contributed by atoms with E-state index in [1.54, 1.807) is 12.1 Å². The predicted octanol–water partition coefficient (Wildman–Crippen LogP) is 3.79. The Hall–Kier alpha value is -2.19. The molecule has 0 bridgehead atoms. The van der Waals surface area contributed by atoms with Gasteiger partial charge in [0, 0.05) is 6.07 Å². The molecule has 0 saturated heterocycles. The van der Waals surface area contributed by atoms with Gasteiger partial charge in [-0.25, -0.2) is 0 Å². The molecule has 0 radical (unpaired) electrons. The minimum Gasteiger partial charge on any atom is -0.493 e. The second-order valence-corrected chi connectivity index (χ2v) is 4.97. The van der Waals surface area contributed by atoms with Crippen LogP contribution in [0.5, 0.6) is 17.2 Å². The quantitative estimate of drug-likeness (QED) is 0.746. The molecule has 4 nitrogen and oxygen atoms in total. The van der Waals surface area contributed by atoms with E-state index in [0.717, 1.165) is 5.75 Å². The summed E-state index contributed by atoms with van der Waals surface area (Å²) in [6, 6.07) is 14.9. The fraction of sp³-hybridized carbons (Fsp3) is 0.188. The van der Waals surface area contributed by atoms with Gasteiger partial charge in [-0.1, -0.05) is 18.2 Å². The average Bonchev–Trinajstić information content (AvgIpc) is 2.53. The summed E-state index contributed by atoms with van der Waals surface area (Å²) in [5.74, 6) is 1.88. The molecule has 0 fully saturated rings. The van der Waals surface area contributed by atoms with Gasteiger partial charge in [-0.2, -0.15) is 5.26 Å². The van der Waals surface area contributed by atoms with Gasteiger partial charge in [-0.15, -0.1) is 0 Å². The van der Waals surface area contributed by atoms with Gasteiger partial charge in [-0.3, -0.25) is 0 Å². The van der Waals surface area contributed by atoms with E-state index in [1.165, 1.54) is 7.11 Å². The Morgan fingerprint density at radius 1 is 1.10 bits per heavy atom. The number of nitrogens with zero attached hydrogens (tertiary/aromatic N) is 1. The van der Waals surface area contributed by atoms with Gasteiger partial charge in [0.1, 0.15) is 19.0 Å². The number of ether oxygens (including phenoxy) is 3. The maximum absolute atomic E-state index is 8.93. The maximum atomic E-state index is 8.93. The second-order valence-electron chi connectivity index (χ2n) is 4.11. The van der Waals surface area contributed by atoms with Crippen molar-refractivity contribution < 1.29 is 14.2 Å². The highest BCUT2D eigenvalue weighted by Gasteiger charge is 2.11. The summed E-state index contributed by atoms with van der Waals surface area (Å²) >= 11 is 3.38. The molecule has 0 aliphatic heterocycles. The van der Waals surface area contributed by atoms with Crippen LogP contribution < -0.4 is 14.2 Å². The molecule has 0 heterocycles. The van der Waals surface area contributed by atoms with Crippen molar-refractivity contribution >= 4 is 15.9 Å². The number of nitriles is 1. The summed E-state index contributed by atoms with van der Waals surface area (Å²) in [5, 5.41) is 8.93. The van der Waals surface area contributed by atoms with E-state index in [-0.39, 0.29) is 0 Å². The van der Waals surface area contributed by atoms with E-state index in [0.29, 0.717) is 34.7 Å². The number of hydrogen-bond donors (Lipinski definition) is 0. The Bertz CT molecular complexity index is 638. The SMILES string of the molecule is COc1cc(C#N)cc(Br)c1OCCOc1ccccc1. The molecule has 0 amide bonds. The Labute approximate surface area is 132 Å². The normalized spacial score (nSPS) is 9.76. The molecule has 0 aliphatic rings. The van der Waals surface area contributed by atoms with Crippen molar-refractivity contribution in [1.29, 1.82) is 5.26 Å². The zero-order valence-electron chi connectivity index (χ0n) is 11.5. The van der Waals surface area contributed by atoms with Crippen LogP contribution in [0.25, 0.3) is 0 Å². The first-order valence-corrected chi connectivity index (χ1v) is 7.12. The molecular weight excluding hydrogens is 334 g/mol. The summed E-state index contributed by atoms with van der Waals surface area (Å²) in [6.07, 6.45) is 0. The van der Waals surface area contributed by atoms with Crippen LogP contribution in [0.2, 0.25) is 0 Å². The van der Waals surface area contributed by atoms with Crippen molar-refractivity contribution in [3.05, 3.63) is 52.5 Å². The van der Waals surface area contributed by atoms with E-state index in [4.69, 9.17) is 19.5 Å². The third kappa shape index (κ3) is 4.14. The van der Waals surface area contributed by atoms with Crippen LogP contribution in [0.4, 0.5) is 0 Å². The van der Waals surface area contributed by atoms with Gasteiger partial charge < -0.3 is 14.2 Å². The molecule has 0 spiro atoms. The van der Waals surface area contributed by atoms with E-state index in [2.05, 4.69) is 22.0 Å². The standard InChI is InChI=1S/C16H14BrNO3/c1-19-15-10-12(11-18)9-14(17)16(15)21-8-7-20-13-5-3-2-4-6-13/h2-6,9-10H,7-8H2,1H3. The molecule has 21 heavy (non-hydrogen) atoms. The number of halogens is 1. The Morgan fingerprint density at radius 2 is 1.81 bits per heavy atom. The minimum absolute atomic E-state index is 0.371. The van der Waals surface area contributed by atoms with Crippen molar-refractivity contribution in [2.45, 2.75) is 0 Å². The van der Waals surface area contributed by atoms with Crippen LogP contribution in [0, 0.1) is 11.3 Å². The maximum Gasteiger partial charge on any atom is 0.175 e. The fourth-order valence-corrected chi connectivity index (χ4v) is 2.30. The molecule has 0 N–H and O–H groups in total. The van der Waals surface area contributed by atoms with E-state index in [9.17, 15) is 0 Å². The number of rotatable bonds is 6. The summed E-state index contributed by atoms with van der Waals surface area (Å²) in [6.45, 7) is 0.787. The lowest BCUT2D eigenvalue weighted by Gasteiger charge is -2.13. The highest BCUT2D eigenvalue weighted by Crippen LogP contribution is 2.36. The van der Waals surface area contributed by atoms with E-state index < -0.39 is 0 Å². The first-order valence-electron chi connectivity index (χ1n) is 6.33. The Balaban J connectivity index is 1.95. The highest BCUT2D eigenvalue weighted by molar-refractivity contribution is 9.10. The number of methoxy groups -OCH3 is 1.